The number of rotatable bonds is 4. The van der Waals surface area contributed by atoms with E-state index in [0.29, 0.717) is 27.4 Å². The topological polar surface area (TPSA) is 88.5 Å². The van der Waals surface area contributed by atoms with Gasteiger partial charge in [0.25, 0.3) is 5.56 Å². The Bertz CT molecular complexity index is 1280. The Morgan fingerprint density at radius 2 is 2.11 bits per heavy atom. The molecule has 2 N–H and O–H groups in total. The molecule has 1 unspecified atom stereocenters. The van der Waals surface area contributed by atoms with E-state index >= 15 is 0 Å². The molecule has 28 heavy (non-hydrogen) atoms. The predicted octanol–water partition coefficient (Wildman–Crippen LogP) is 4.48. The van der Waals surface area contributed by atoms with Crippen LogP contribution in [0.2, 0.25) is 10.3 Å². The van der Waals surface area contributed by atoms with Crippen molar-refractivity contribution in [1.82, 2.24) is 24.5 Å². The highest BCUT2D eigenvalue weighted by atomic mass is 35.5. The fourth-order valence-corrected chi connectivity index (χ4v) is 4.01. The number of nitrogens with zero attached hydrogens (tertiary/aromatic N) is 4. The molecule has 7 nitrogen and oxygen atoms in total. The maximum atomic E-state index is 13.2. The number of imidazole rings is 1. The highest BCUT2D eigenvalue weighted by Crippen LogP contribution is 2.38. The molecular formula is C19H16Cl2N6O. The highest BCUT2D eigenvalue weighted by Gasteiger charge is 2.29. The number of H-pyrrole nitrogens is 1. The van der Waals surface area contributed by atoms with E-state index in [2.05, 4.69) is 25.3 Å². The average molecular weight is 415 g/mol. The lowest BCUT2D eigenvalue weighted by molar-refractivity contribution is 0.636. The molecule has 1 atom stereocenters. The van der Waals surface area contributed by atoms with Crippen LogP contribution < -0.4 is 10.9 Å². The number of hydrogen-bond acceptors (Lipinski definition) is 5. The maximum absolute atomic E-state index is 13.2. The molecule has 1 aromatic carbocycles. The lowest BCUT2D eigenvalue weighted by atomic mass is 10.1. The minimum Gasteiger partial charge on any atom is -0.360 e. The number of halogens is 2. The van der Waals surface area contributed by atoms with Gasteiger partial charge in [0.1, 0.15) is 5.52 Å². The quantitative estimate of drug-likeness (QED) is 0.480. The van der Waals surface area contributed by atoms with Gasteiger partial charge in [-0.25, -0.2) is 4.98 Å². The molecule has 4 aromatic rings. The second-order valence-electron chi connectivity index (χ2n) is 6.99. The molecule has 0 spiro atoms. The predicted molar refractivity (Wildman–Crippen MR) is 110 cm³/mol. The lowest BCUT2D eigenvalue weighted by Crippen LogP contribution is -2.26. The molecule has 142 valence electrons. The third-order valence-electron chi connectivity index (χ3n) is 5.03. The van der Waals surface area contributed by atoms with Crippen molar-refractivity contribution in [2.24, 2.45) is 0 Å². The monoisotopic (exact) mass is 414 g/mol. The van der Waals surface area contributed by atoms with E-state index in [1.807, 2.05) is 29.7 Å². The Labute approximate surface area is 169 Å². The van der Waals surface area contributed by atoms with Crippen molar-refractivity contribution in [3.05, 3.63) is 56.9 Å². The first kappa shape index (κ1) is 17.5. The summed E-state index contributed by atoms with van der Waals surface area (Å²) in [6, 6.07) is 7.53. The second kappa shape index (κ2) is 6.46. The molecule has 0 bridgehead atoms. The average Bonchev–Trinajstić information content (AvgIpc) is 3.38. The third kappa shape index (κ3) is 2.82. The van der Waals surface area contributed by atoms with E-state index < -0.39 is 0 Å². The largest absolute Gasteiger partial charge is 0.360 e. The Hall–Kier alpha value is -2.64. The van der Waals surface area contributed by atoms with Crippen LogP contribution in [-0.4, -0.2) is 24.5 Å². The van der Waals surface area contributed by atoms with Gasteiger partial charge in [-0.15, -0.1) is 0 Å². The molecule has 5 rings (SSSR count). The Kier molecular flexibility index (Phi) is 4.03. The van der Waals surface area contributed by atoms with Crippen molar-refractivity contribution in [2.75, 3.05) is 5.32 Å². The zero-order valence-corrected chi connectivity index (χ0v) is 16.4. The minimum absolute atomic E-state index is 0.0540. The van der Waals surface area contributed by atoms with Crippen LogP contribution in [0.3, 0.4) is 0 Å². The van der Waals surface area contributed by atoms with Crippen LogP contribution in [0.15, 0.2) is 35.4 Å². The van der Waals surface area contributed by atoms with E-state index in [1.165, 1.54) is 0 Å². The lowest BCUT2D eigenvalue weighted by Gasteiger charge is -2.21. The summed E-state index contributed by atoms with van der Waals surface area (Å²) in [4.78, 5) is 28.8. The van der Waals surface area contributed by atoms with Gasteiger partial charge in [-0.2, -0.15) is 9.97 Å². The van der Waals surface area contributed by atoms with Crippen LogP contribution in [0, 0.1) is 0 Å². The summed E-state index contributed by atoms with van der Waals surface area (Å²) < 4.78 is 1.86. The molecule has 0 aliphatic heterocycles. The summed E-state index contributed by atoms with van der Waals surface area (Å²) in [5.41, 5.74) is 1.98. The Morgan fingerprint density at radius 3 is 2.89 bits per heavy atom. The molecule has 0 amide bonds. The fraction of sp³-hybridized carbons (Fsp3) is 0.263. The summed E-state index contributed by atoms with van der Waals surface area (Å²) in [6.45, 7) is 1.99. The first-order valence-corrected chi connectivity index (χ1v) is 9.75. The normalized spacial score (nSPS) is 15.2. The van der Waals surface area contributed by atoms with Gasteiger partial charge in [-0.05, 0) is 48.9 Å². The molecule has 1 fully saturated rings. The Balaban J connectivity index is 1.65. The van der Waals surface area contributed by atoms with E-state index in [-0.39, 0.29) is 22.9 Å². The van der Waals surface area contributed by atoms with Crippen molar-refractivity contribution in [1.29, 1.82) is 0 Å². The molecule has 1 aliphatic rings. The second-order valence-corrected chi connectivity index (χ2v) is 7.73. The maximum Gasteiger partial charge on any atom is 0.260 e. The molecule has 1 saturated carbocycles. The van der Waals surface area contributed by atoms with Gasteiger partial charge < -0.3 is 14.9 Å². The van der Waals surface area contributed by atoms with Gasteiger partial charge in [0, 0.05) is 11.7 Å². The van der Waals surface area contributed by atoms with Crippen molar-refractivity contribution in [3.8, 4) is 0 Å². The number of pyridine rings is 1. The van der Waals surface area contributed by atoms with Crippen molar-refractivity contribution in [3.63, 3.8) is 0 Å². The molecule has 0 radical (unpaired) electrons. The smallest absolute Gasteiger partial charge is 0.260 e. The fourth-order valence-electron chi connectivity index (χ4n) is 3.59. The summed E-state index contributed by atoms with van der Waals surface area (Å²) in [5, 5.41) is 5.33. The van der Waals surface area contributed by atoms with Crippen molar-refractivity contribution in [2.45, 2.75) is 31.8 Å². The number of benzene rings is 1. The molecule has 3 heterocycles. The number of nitrogens with one attached hydrogen (secondary N) is 2. The summed E-state index contributed by atoms with van der Waals surface area (Å²) in [7, 11) is 0. The van der Waals surface area contributed by atoms with Crippen LogP contribution in [0.25, 0.3) is 21.9 Å². The van der Waals surface area contributed by atoms with Gasteiger partial charge >= 0.3 is 0 Å². The first-order valence-electron chi connectivity index (χ1n) is 8.99. The van der Waals surface area contributed by atoms with Crippen LogP contribution >= 0.6 is 23.2 Å². The number of fused-ring (bicyclic) bond motifs is 2. The summed E-state index contributed by atoms with van der Waals surface area (Å²) in [5.74, 6) is 0.543. The number of aromatic amines is 1. The first-order chi connectivity index (χ1) is 13.5. The van der Waals surface area contributed by atoms with Gasteiger partial charge in [0.05, 0.1) is 22.8 Å². The van der Waals surface area contributed by atoms with Crippen LogP contribution in [0.5, 0.6) is 0 Å². The van der Waals surface area contributed by atoms with E-state index in [1.54, 1.807) is 12.4 Å². The van der Waals surface area contributed by atoms with Crippen LogP contribution in [0.1, 0.15) is 37.5 Å². The molecular weight excluding hydrogens is 399 g/mol. The summed E-state index contributed by atoms with van der Waals surface area (Å²) >= 11 is 12.4. The highest BCUT2D eigenvalue weighted by molar-refractivity contribution is 6.35. The SMILES string of the molecule is CC(Nc1nc(Cl)nc2nc[nH]c12)c1cc2cccc(Cl)c2c(=O)n1C1CC1. The molecule has 1 aliphatic carbocycles. The van der Waals surface area contributed by atoms with Gasteiger partial charge in [-0.1, -0.05) is 23.7 Å². The Morgan fingerprint density at radius 1 is 1.29 bits per heavy atom. The van der Waals surface area contributed by atoms with Crippen LogP contribution in [-0.2, 0) is 0 Å². The van der Waals surface area contributed by atoms with Gasteiger partial charge in [0.15, 0.2) is 11.5 Å². The third-order valence-corrected chi connectivity index (χ3v) is 5.51. The molecule has 3 aromatic heterocycles. The number of aromatic nitrogens is 5. The standard InChI is InChI=1S/C19H16Cl2N6O/c1-9(24-17-15-16(23-8-22-15)25-19(21)26-17)13-7-10-3-2-4-12(20)14(10)18(28)27(13)11-5-6-11/h2-4,7-9,11H,5-6H2,1H3,(H2,22,23,24,25,26). The van der Waals surface area contributed by atoms with Crippen LogP contribution in [0.4, 0.5) is 5.82 Å². The van der Waals surface area contributed by atoms with E-state index in [4.69, 9.17) is 23.2 Å². The minimum atomic E-state index is -0.200. The van der Waals surface area contributed by atoms with Gasteiger partial charge in [0.2, 0.25) is 5.28 Å². The van der Waals surface area contributed by atoms with E-state index in [0.717, 1.165) is 23.9 Å². The number of anilines is 1. The van der Waals surface area contributed by atoms with E-state index in [9.17, 15) is 4.79 Å². The molecule has 0 saturated heterocycles. The zero-order valence-electron chi connectivity index (χ0n) is 14.9. The number of hydrogen-bond donors (Lipinski definition) is 2. The van der Waals surface area contributed by atoms with Crippen molar-refractivity contribution < 1.29 is 0 Å². The summed E-state index contributed by atoms with van der Waals surface area (Å²) in [6.07, 6.45) is 3.52. The zero-order chi connectivity index (χ0) is 19.4. The van der Waals surface area contributed by atoms with Crippen molar-refractivity contribution >= 4 is 51.0 Å². The van der Waals surface area contributed by atoms with Gasteiger partial charge in [-0.3, -0.25) is 4.79 Å². The molecule has 9 heteroatoms.